The lowest BCUT2D eigenvalue weighted by Crippen LogP contribution is -2.30. The molecule has 18 heavy (non-hydrogen) atoms. The molecule has 94 valence electrons. The number of rotatable bonds is 4. The third-order valence-corrected chi connectivity index (χ3v) is 3.08. The van der Waals surface area contributed by atoms with Gasteiger partial charge in [0.25, 0.3) is 11.7 Å². The Bertz CT molecular complexity index is 539. The highest BCUT2D eigenvalue weighted by molar-refractivity contribution is 6.52. The molecule has 0 saturated heterocycles. The first-order chi connectivity index (χ1) is 8.50. The Kier molecular flexibility index (Phi) is 3.48. The summed E-state index contributed by atoms with van der Waals surface area (Å²) in [5.41, 5.74) is 0.924. The van der Waals surface area contributed by atoms with Gasteiger partial charge in [-0.05, 0) is 31.5 Å². The Balaban J connectivity index is 2.21. The van der Waals surface area contributed by atoms with Crippen molar-refractivity contribution in [3.8, 4) is 0 Å². The fourth-order valence-corrected chi connectivity index (χ4v) is 2.15. The van der Waals surface area contributed by atoms with E-state index in [0.29, 0.717) is 35.7 Å². The number of amides is 1. The number of hydrogen-bond acceptors (Lipinski definition) is 3. The Morgan fingerprint density at radius 3 is 2.72 bits per heavy atom. The zero-order valence-electron chi connectivity index (χ0n) is 9.90. The first kappa shape index (κ1) is 12.8. The first-order valence-corrected chi connectivity index (χ1v) is 6.03. The molecule has 1 aliphatic rings. The lowest BCUT2D eigenvalue weighted by atomic mass is 10.1. The van der Waals surface area contributed by atoms with Crippen LogP contribution in [0.4, 0.5) is 5.69 Å². The van der Waals surface area contributed by atoms with E-state index >= 15 is 0 Å². The second-order valence-electron chi connectivity index (χ2n) is 4.25. The molecule has 1 aromatic carbocycles. The maximum absolute atomic E-state index is 11.8. The van der Waals surface area contributed by atoms with Gasteiger partial charge in [-0.3, -0.25) is 9.59 Å². The number of hydrogen-bond donors (Lipinski definition) is 0. The molecular weight excluding hydrogens is 254 g/mol. The third-order valence-electron chi connectivity index (χ3n) is 2.84. The number of anilines is 1. The minimum Gasteiger partial charge on any atom is -0.305 e. The zero-order valence-corrected chi connectivity index (χ0v) is 10.7. The summed E-state index contributed by atoms with van der Waals surface area (Å²) in [6, 6.07) is 4.81. The molecule has 1 aliphatic heterocycles. The lowest BCUT2D eigenvalue weighted by molar-refractivity contribution is -0.117. The number of carbonyl (C=O) groups is 3. The van der Waals surface area contributed by atoms with E-state index in [9.17, 15) is 14.4 Å². The maximum atomic E-state index is 11.8. The zero-order chi connectivity index (χ0) is 13.3. The van der Waals surface area contributed by atoms with Crippen molar-refractivity contribution in [2.24, 2.45) is 0 Å². The third kappa shape index (κ3) is 2.29. The number of Topliss-reactive ketones (excluding diaryl/α,β-unsaturated/α-hetero) is 2. The van der Waals surface area contributed by atoms with Crippen LogP contribution in [-0.2, 0) is 9.59 Å². The molecule has 1 aromatic rings. The van der Waals surface area contributed by atoms with E-state index in [1.165, 1.54) is 17.9 Å². The highest BCUT2D eigenvalue weighted by Crippen LogP contribution is 2.31. The number of nitrogens with zero attached hydrogens (tertiary/aromatic N) is 1. The standard InChI is InChI=1S/C13H12ClNO3/c1-8(16)3-2-6-15-11-5-4-9(14)7-10(11)12(17)13(15)18/h4-5,7H,2-3,6H2,1H3. The van der Waals surface area contributed by atoms with Crippen LogP contribution in [0.2, 0.25) is 5.02 Å². The molecule has 4 nitrogen and oxygen atoms in total. The number of carbonyl (C=O) groups excluding carboxylic acids is 3. The minimum absolute atomic E-state index is 0.0734. The summed E-state index contributed by atoms with van der Waals surface area (Å²) in [6.07, 6.45) is 0.956. The normalized spacial score (nSPS) is 14.0. The van der Waals surface area contributed by atoms with Crippen molar-refractivity contribution >= 4 is 34.8 Å². The molecule has 0 unspecified atom stereocenters. The van der Waals surface area contributed by atoms with Crippen molar-refractivity contribution in [2.75, 3.05) is 11.4 Å². The SMILES string of the molecule is CC(=O)CCCN1C(=O)C(=O)c2cc(Cl)ccc21. The van der Waals surface area contributed by atoms with Gasteiger partial charge in [-0.15, -0.1) is 0 Å². The summed E-state index contributed by atoms with van der Waals surface area (Å²) in [4.78, 5) is 35.8. The van der Waals surface area contributed by atoms with Gasteiger partial charge in [0.05, 0.1) is 11.3 Å². The first-order valence-electron chi connectivity index (χ1n) is 5.66. The van der Waals surface area contributed by atoms with Gasteiger partial charge in [0.2, 0.25) is 0 Å². The molecule has 0 atom stereocenters. The van der Waals surface area contributed by atoms with Gasteiger partial charge >= 0.3 is 0 Å². The number of halogens is 1. The summed E-state index contributed by atoms with van der Waals surface area (Å²) in [5, 5.41) is 0.431. The summed E-state index contributed by atoms with van der Waals surface area (Å²) in [7, 11) is 0. The van der Waals surface area contributed by atoms with Crippen molar-refractivity contribution in [1.82, 2.24) is 0 Å². The summed E-state index contributed by atoms with van der Waals surface area (Å²) < 4.78 is 0. The van der Waals surface area contributed by atoms with Crippen LogP contribution < -0.4 is 4.90 Å². The quantitative estimate of drug-likeness (QED) is 0.785. The van der Waals surface area contributed by atoms with E-state index in [-0.39, 0.29) is 5.78 Å². The Morgan fingerprint density at radius 1 is 1.33 bits per heavy atom. The molecule has 5 heteroatoms. The minimum atomic E-state index is -0.546. The molecule has 0 N–H and O–H groups in total. The van der Waals surface area contributed by atoms with Crippen LogP contribution in [0.3, 0.4) is 0 Å². The summed E-state index contributed by atoms with van der Waals surface area (Å²) >= 11 is 5.80. The van der Waals surface area contributed by atoms with Gasteiger partial charge in [0, 0.05) is 18.0 Å². The topological polar surface area (TPSA) is 54.5 Å². The van der Waals surface area contributed by atoms with Crippen LogP contribution in [0.25, 0.3) is 0 Å². The molecular formula is C13H12ClNO3. The van der Waals surface area contributed by atoms with Crippen LogP contribution in [0.5, 0.6) is 0 Å². The number of ketones is 2. The molecule has 0 aromatic heterocycles. The smallest absolute Gasteiger partial charge is 0.299 e. The molecule has 0 bridgehead atoms. The number of benzene rings is 1. The molecule has 0 saturated carbocycles. The van der Waals surface area contributed by atoms with E-state index in [2.05, 4.69) is 0 Å². The fourth-order valence-electron chi connectivity index (χ4n) is 1.98. The van der Waals surface area contributed by atoms with Crippen molar-refractivity contribution in [2.45, 2.75) is 19.8 Å². The molecule has 0 fully saturated rings. The molecule has 0 spiro atoms. The predicted molar refractivity (Wildman–Crippen MR) is 68.1 cm³/mol. The van der Waals surface area contributed by atoms with Gasteiger partial charge < -0.3 is 9.69 Å². The van der Waals surface area contributed by atoms with Gasteiger partial charge in [-0.2, -0.15) is 0 Å². The van der Waals surface area contributed by atoms with Gasteiger partial charge in [-0.1, -0.05) is 11.6 Å². The summed E-state index contributed by atoms with van der Waals surface area (Å²) in [5.74, 6) is -1.00. The molecule has 1 heterocycles. The van der Waals surface area contributed by atoms with Gasteiger partial charge in [0.1, 0.15) is 5.78 Å². The van der Waals surface area contributed by atoms with Gasteiger partial charge in [-0.25, -0.2) is 0 Å². The second-order valence-corrected chi connectivity index (χ2v) is 4.69. The average Bonchev–Trinajstić information content (AvgIpc) is 2.54. The van der Waals surface area contributed by atoms with E-state index < -0.39 is 11.7 Å². The van der Waals surface area contributed by atoms with Gasteiger partial charge in [0.15, 0.2) is 0 Å². The summed E-state index contributed by atoms with van der Waals surface area (Å²) in [6.45, 7) is 1.88. The maximum Gasteiger partial charge on any atom is 0.299 e. The van der Waals surface area contributed by atoms with Crippen LogP contribution in [0.15, 0.2) is 18.2 Å². The Labute approximate surface area is 110 Å². The highest BCUT2D eigenvalue weighted by atomic mass is 35.5. The molecule has 1 amide bonds. The van der Waals surface area contributed by atoms with Crippen LogP contribution in [0, 0.1) is 0 Å². The average molecular weight is 266 g/mol. The number of fused-ring (bicyclic) bond motifs is 1. The highest BCUT2D eigenvalue weighted by Gasteiger charge is 2.35. The van der Waals surface area contributed by atoms with Crippen molar-refractivity contribution < 1.29 is 14.4 Å². The van der Waals surface area contributed by atoms with Crippen molar-refractivity contribution in [3.05, 3.63) is 28.8 Å². The lowest BCUT2D eigenvalue weighted by Gasteiger charge is -2.15. The predicted octanol–water partition coefficient (Wildman–Crippen LogP) is 2.24. The van der Waals surface area contributed by atoms with E-state index in [1.54, 1.807) is 12.1 Å². The van der Waals surface area contributed by atoms with Crippen LogP contribution >= 0.6 is 11.6 Å². The fraction of sp³-hybridized carbons (Fsp3) is 0.308. The molecule has 2 rings (SSSR count). The second kappa shape index (κ2) is 4.90. The van der Waals surface area contributed by atoms with E-state index in [1.807, 2.05) is 0 Å². The van der Waals surface area contributed by atoms with Crippen LogP contribution in [0.1, 0.15) is 30.1 Å². The Morgan fingerprint density at radius 2 is 2.06 bits per heavy atom. The van der Waals surface area contributed by atoms with Crippen LogP contribution in [-0.4, -0.2) is 24.0 Å². The Hall–Kier alpha value is -1.68. The largest absolute Gasteiger partial charge is 0.305 e. The van der Waals surface area contributed by atoms with Crippen molar-refractivity contribution in [3.63, 3.8) is 0 Å². The molecule has 0 radical (unpaired) electrons. The molecule has 0 aliphatic carbocycles. The van der Waals surface area contributed by atoms with Crippen molar-refractivity contribution in [1.29, 1.82) is 0 Å². The van der Waals surface area contributed by atoms with E-state index in [4.69, 9.17) is 11.6 Å². The van der Waals surface area contributed by atoms with E-state index in [0.717, 1.165) is 0 Å². The monoisotopic (exact) mass is 265 g/mol.